The van der Waals surface area contributed by atoms with E-state index < -0.39 is 18.1 Å². The van der Waals surface area contributed by atoms with Gasteiger partial charge in [-0.05, 0) is 12.1 Å². The van der Waals surface area contributed by atoms with Gasteiger partial charge in [0.15, 0.2) is 17.1 Å². The third-order valence-corrected chi connectivity index (χ3v) is 4.83. The van der Waals surface area contributed by atoms with Crippen molar-refractivity contribution in [3.8, 4) is 11.5 Å². The topological polar surface area (TPSA) is 102 Å². The SMILES string of the molecule is CNc1cc(Nc2cccc3c2OCCO3)nc2c(C(=O)NC3CC3F)cnn12. The van der Waals surface area contributed by atoms with Gasteiger partial charge < -0.3 is 25.4 Å². The Morgan fingerprint density at radius 2 is 2.14 bits per heavy atom. The van der Waals surface area contributed by atoms with Crippen LogP contribution in [0.4, 0.5) is 21.7 Å². The summed E-state index contributed by atoms with van der Waals surface area (Å²) in [5.41, 5.74) is 1.33. The minimum Gasteiger partial charge on any atom is -0.486 e. The molecule has 0 spiro atoms. The monoisotopic (exact) mass is 398 g/mol. The van der Waals surface area contributed by atoms with Crippen LogP contribution in [0.3, 0.4) is 0 Å². The zero-order valence-electron chi connectivity index (χ0n) is 15.6. The lowest BCUT2D eigenvalue weighted by molar-refractivity contribution is 0.0949. The summed E-state index contributed by atoms with van der Waals surface area (Å²) in [5.74, 6) is 2.00. The van der Waals surface area contributed by atoms with Gasteiger partial charge in [0.05, 0.1) is 17.9 Å². The molecule has 0 radical (unpaired) electrons. The van der Waals surface area contributed by atoms with Gasteiger partial charge in [0.1, 0.15) is 36.6 Å². The highest BCUT2D eigenvalue weighted by molar-refractivity contribution is 6.00. The highest BCUT2D eigenvalue weighted by Crippen LogP contribution is 2.38. The Labute approximate surface area is 165 Å². The number of carbonyl (C=O) groups excluding carboxylic acids is 1. The van der Waals surface area contributed by atoms with Gasteiger partial charge >= 0.3 is 0 Å². The van der Waals surface area contributed by atoms with Gasteiger partial charge in [-0.15, -0.1) is 0 Å². The molecule has 1 aromatic carbocycles. The number of anilines is 3. The lowest BCUT2D eigenvalue weighted by Crippen LogP contribution is -2.27. The number of carbonyl (C=O) groups is 1. The van der Waals surface area contributed by atoms with E-state index in [0.29, 0.717) is 54.1 Å². The number of rotatable bonds is 5. The fourth-order valence-electron chi connectivity index (χ4n) is 3.23. The van der Waals surface area contributed by atoms with Crippen LogP contribution in [0.1, 0.15) is 16.8 Å². The molecule has 1 fully saturated rings. The van der Waals surface area contributed by atoms with Gasteiger partial charge in [0, 0.05) is 19.5 Å². The molecule has 0 saturated heterocycles. The molecular formula is C19H19FN6O3. The molecule has 3 heterocycles. The fourth-order valence-corrected chi connectivity index (χ4v) is 3.23. The predicted molar refractivity (Wildman–Crippen MR) is 104 cm³/mol. The minimum atomic E-state index is -0.981. The lowest BCUT2D eigenvalue weighted by Gasteiger charge is -2.21. The second kappa shape index (κ2) is 6.80. The van der Waals surface area contributed by atoms with Crippen molar-refractivity contribution < 1.29 is 18.7 Å². The van der Waals surface area contributed by atoms with E-state index in [1.165, 1.54) is 10.7 Å². The largest absolute Gasteiger partial charge is 0.486 e. The van der Waals surface area contributed by atoms with Gasteiger partial charge in [-0.1, -0.05) is 6.07 Å². The molecule has 150 valence electrons. The van der Waals surface area contributed by atoms with Crippen molar-refractivity contribution in [1.82, 2.24) is 19.9 Å². The second-order valence-electron chi connectivity index (χ2n) is 6.86. The fraction of sp³-hybridized carbons (Fsp3) is 0.316. The van der Waals surface area contributed by atoms with E-state index in [0.717, 1.165) is 0 Å². The number of nitrogens with zero attached hydrogens (tertiary/aromatic N) is 3. The summed E-state index contributed by atoms with van der Waals surface area (Å²) >= 11 is 0. The quantitative estimate of drug-likeness (QED) is 0.605. The van der Waals surface area contributed by atoms with Gasteiger partial charge in [-0.25, -0.2) is 9.37 Å². The molecule has 2 unspecified atom stereocenters. The number of alkyl halides is 1. The molecule has 1 saturated carbocycles. The van der Waals surface area contributed by atoms with Crippen molar-refractivity contribution in [3.05, 3.63) is 36.0 Å². The number of ether oxygens (including phenoxy) is 2. The van der Waals surface area contributed by atoms with Gasteiger partial charge in [0.2, 0.25) is 0 Å². The summed E-state index contributed by atoms with van der Waals surface area (Å²) in [6.45, 7) is 0.961. The van der Waals surface area contributed by atoms with Crippen molar-refractivity contribution in [1.29, 1.82) is 0 Å². The van der Waals surface area contributed by atoms with E-state index in [1.54, 1.807) is 13.1 Å². The molecule has 9 nitrogen and oxygen atoms in total. The number of aromatic nitrogens is 3. The van der Waals surface area contributed by atoms with Crippen LogP contribution >= 0.6 is 0 Å². The molecule has 0 bridgehead atoms. The Bertz CT molecular complexity index is 1100. The van der Waals surface area contributed by atoms with Gasteiger partial charge in [-0.3, -0.25) is 4.79 Å². The van der Waals surface area contributed by atoms with E-state index in [4.69, 9.17) is 9.47 Å². The number of para-hydroxylation sites is 1. The smallest absolute Gasteiger partial charge is 0.257 e. The van der Waals surface area contributed by atoms with E-state index in [-0.39, 0.29) is 5.56 Å². The standard InChI is InChI=1S/C19H19FN6O3/c1-21-16-8-15(23-12-3-2-4-14-17(12)29-6-5-28-14)25-18-10(9-22-26(16)18)19(27)24-13-7-11(13)20/h2-4,8-9,11,13,21H,5-7H2,1H3,(H,23,25)(H,24,27). The number of benzene rings is 1. The van der Waals surface area contributed by atoms with Crippen molar-refractivity contribution in [2.75, 3.05) is 30.9 Å². The first-order valence-electron chi connectivity index (χ1n) is 9.31. The van der Waals surface area contributed by atoms with E-state index in [2.05, 4.69) is 26.0 Å². The zero-order valence-corrected chi connectivity index (χ0v) is 15.6. The molecular weight excluding hydrogens is 379 g/mol. The molecule has 5 rings (SSSR count). The Balaban J connectivity index is 1.51. The summed E-state index contributed by atoms with van der Waals surface area (Å²) in [5, 5.41) is 13.2. The molecule has 1 amide bonds. The highest BCUT2D eigenvalue weighted by Gasteiger charge is 2.39. The minimum absolute atomic E-state index is 0.277. The maximum absolute atomic E-state index is 13.2. The highest BCUT2D eigenvalue weighted by atomic mass is 19.1. The summed E-state index contributed by atoms with van der Waals surface area (Å²) in [7, 11) is 1.75. The molecule has 2 aliphatic rings. The van der Waals surface area contributed by atoms with Crippen LogP contribution in [0.5, 0.6) is 11.5 Å². The summed E-state index contributed by atoms with van der Waals surface area (Å²) < 4.78 is 26.0. The average molecular weight is 398 g/mol. The first kappa shape index (κ1) is 17.5. The van der Waals surface area contributed by atoms with Crippen LogP contribution in [0, 0.1) is 0 Å². The van der Waals surface area contributed by atoms with E-state index in [9.17, 15) is 9.18 Å². The van der Waals surface area contributed by atoms with Crippen LogP contribution < -0.4 is 25.4 Å². The maximum Gasteiger partial charge on any atom is 0.257 e. The first-order chi connectivity index (χ1) is 14.1. The first-order valence-corrected chi connectivity index (χ1v) is 9.31. The van der Waals surface area contributed by atoms with Crippen molar-refractivity contribution in [2.24, 2.45) is 0 Å². The number of hydrogen-bond acceptors (Lipinski definition) is 7. The number of hydrogen-bond donors (Lipinski definition) is 3. The average Bonchev–Trinajstić information content (AvgIpc) is 3.25. The van der Waals surface area contributed by atoms with Crippen molar-refractivity contribution in [3.63, 3.8) is 0 Å². The van der Waals surface area contributed by atoms with E-state index in [1.807, 2.05) is 18.2 Å². The van der Waals surface area contributed by atoms with Crippen LogP contribution in [0.15, 0.2) is 30.5 Å². The lowest BCUT2D eigenvalue weighted by atomic mass is 10.2. The number of halogens is 1. The number of fused-ring (bicyclic) bond motifs is 2. The maximum atomic E-state index is 13.2. The van der Waals surface area contributed by atoms with Crippen molar-refractivity contribution >= 4 is 28.9 Å². The second-order valence-corrected chi connectivity index (χ2v) is 6.86. The summed E-state index contributed by atoms with van der Waals surface area (Å²) in [6, 6.07) is 6.88. The van der Waals surface area contributed by atoms with Gasteiger partial charge in [-0.2, -0.15) is 9.61 Å². The van der Waals surface area contributed by atoms with Crippen LogP contribution in [-0.2, 0) is 0 Å². The van der Waals surface area contributed by atoms with Crippen molar-refractivity contribution in [2.45, 2.75) is 18.6 Å². The number of nitrogens with one attached hydrogen (secondary N) is 3. The molecule has 10 heteroatoms. The molecule has 2 atom stereocenters. The third kappa shape index (κ3) is 3.16. The predicted octanol–water partition coefficient (Wildman–Crippen LogP) is 2.13. The Morgan fingerprint density at radius 1 is 1.31 bits per heavy atom. The van der Waals surface area contributed by atoms with E-state index >= 15 is 0 Å². The Hall–Kier alpha value is -3.56. The number of amides is 1. The molecule has 3 aromatic rings. The third-order valence-electron chi connectivity index (χ3n) is 4.83. The Kier molecular flexibility index (Phi) is 4.11. The van der Waals surface area contributed by atoms with Gasteiger partial charge in [0.25, 0.3) is 5.91 Å². The van der Waals surface area contributed by atoms with Crippen LogP contribution in [0.25, 0.3) is 5.65 Å². The molecule has 3 N–H and O–H groups in total. The molecule has 1 aliphatic heterocycles. The molecule has 29 heavy (non-hydrogen) atoms. The normalized spacial score (nSPS) is 19.7. The van der Waals surface area contributed by atoms with Crippen LogP contribution in [0.2, 0.25) is 0 Å². The Morgan fingerprint density at radius 3 is 2.93 bits per heavy atom. The molecule has 1 aliphatic carbocycles. The summed E-state index contributed by atoms with van der Waals surface area (Å²) in [4.78, 5) is 17.1. The summed E-state index contributed by atoms with van der Waals surface area (Å²) in [6.07, 6.45) is 0.790. The molecule has 2 aromatic heterocycles. The van der Waals surface area contributed by atoms with Crippen LogP contribution in [-0.4, -0.2) is 53.0 Å². The zero-order chi connectivity index (χ0) is 20.0.